The molecule has 124 valence electrons. The van der Waals surface area contributed by atoms with Crippen LogP contribution in [-0.2, 0) is 14.3 Å². The van der Waals surface area contributed by atoms with Gasteiger partial charge in [0.25, 0.3) is 0 Å². The highest BCUT2D eigenvalue weighted by atomic mass is 16.5. The standard InChI is InChI=1S/C20H14O5/c21-11-5-7-15-17(9-11)25-18-10-12(22)6-8-16(18)19(15)13-3-1-2-4-14(13)20(23)24/h1-9,16,18H,10H2,(H,23,24). The lowest BCUT2D eigenvalue weighted by atomic mass is 9.76. The predicted octanol–water partition coefficient (Wildman–Crippen LogP) is 2.71. The van der Waals surface area contributed by atoms with Gasteiger partial charge < -0.3 is 9.84 Å². The molecule has 1 aromatic rings. The van der Waals surface area contributed by atoms with Gasteiger partial charge in [-0.15, -0.1) is 0 Å². The minimum atomic E-state index is -1.02. The molecule has 4 rings (SSSR count). The van der Waals surface area contributed by atoms with E-state index >= 15 is 0 Å². The molecule has 1 N–H and O–H groups in total. The smallest absolute Gasteiger partial charge is 0.336 e. The third-order valence-corrected chi connectivity index (χ3v) is 4.59. The number of allylic oxidation sites excluding steroid dienone is 4. The van der Waals surface area contributed by atoms with Gasteiger partial charge in [-0.25, -0.2) is 4.79 Å². The van der Waals surface area contributed by atoms with Crippen LogP contribution in [0.2, 0.25) is 0 Å². The average Bonchev–Trinajstić information content (AvgIpc) is 2.59. The number of ketones is 2. The minimum Gasteiger partial charge on any atom is -0.488 e. The summed E-state index contributed by atoms with van der Waals surface area (Å²) in [5, 5.41) is 9.56. The van der Waals surface area contributed by atoms with Crippen molar-refractivity contribution in [3.63, 3.8) is 0 Å². The lowest BCUT2D eigenvalue weighted by Gasteiger charge is -2.37. The van der Waals surface area contributed by atoms with E-state index in [0.717, 1.165) is 5.57 Å². The zero-order valence-corrected chi connectivity index (χ0v) is 13.1. The summed E-state index contributed by atoms with van der Waals surface area (Å²) < 4.78 is 5.90. The summed E-state index contributed by atoms with van der Waals surface area (Å²) in [5.74, 6) is -1.12. The molecule has 2 unspecified atom stereocenters. The van der Waals surface area contributed by atoms with Gasteiger partial charge in [-0.05, 0) is 35.4 Å². The molecule has 5 heteroatoms. The number of ether oxygens (including phenoxy) is 1. The van der Waals surface area contributed by atoms with Gasteiger partial charge in [0.05, 0.1) is 5.56 Å². The van der Waals surface area contributed by atoms with Gasteiger partial charge in [-0.3, -0.25) is 9.59 Å². The number of carboxylic acids is 1. The summed E-state index contributed by atoms with van der Waals surface area (Å²) in [6.45, 7) is 0. The molecule has 0 amide bonds. The van der Waals surface area contributed by atoms with Gasteiger partial charge in [0.1, 0.15) is 11.9 Å². The summed E-state index contributed by atoms with van der Waals surface area (Å²) >= 11 is 0. The van der Waals surface area contributed by atoms with Gasteiger partial charge in [0.15, 0.2) is 11.6 Å². The maximum absolute atomic E-state index is 11.8. The Morgan fingerprint density at radius 2 is 1.92 bits per heavy atom. The number of benzene rings is 1. The van der Waals surface area contributed by atoms with E-state index in [0.29, 0.717) is 16.9 Å². The zero-order chi connectivity index (χ0) is 17.6. The van der Waals surface area contributed by atoms with Crippen LogP contribution in [0.25, 0.3) is 5.57 Å². The number of aromatic carboxylic acids is 1. The summed E-state index contributed by atoms with van der Waals surface area (Å²) in [7, 11) is 0. The average molecular weight is 334 g/mol. The highest BCUT2D eigenvalue weighted by Crippen LogP contribution is 2.44. The van der Waals surface area contributed by atoms with Crippen LogP contribution in [0.5, 0.6) is 0 Å². The topological polar surface area (TPSA) is 80.7 Å². The number of fused-ring (bicyclic) bond motifs is 2. The van der Waals surface area contributed by atoms with Gasteiger partial charge in [-0.2, -0.15) is 0 Å². The Labute approximate surface area is 143 Å². The lowest BCUT2D eigenvalue weighted by Crippen LogP contribution is -2.34. The second-order valence-electron chi connectivity index (χ2n) is 6.13. The van der Waals surface area contributed by atoms with Crippen molar-refractivity contribution in [2.24, 2.45) is 5.92 Å². The van der Waals surface area contributed by atoms with Crippen LogP contribution in [-0.4, -0.2) is 28.7 Å². The Hall–Kier alpha value is -3.21. The number of carbonyl (C=O) groups excluding carboxylic acids is 2. The Balaban J connectivity index is 1.99. The highest BCUT2D eigenvalue weighted by Gasteiger charge is 2.39. The minimum absolute atomic E-state index is 0.0474. The van der Waals surface area contributed by atoms with E-state index in [9.17, 15) is 19.5 Å². The monoisotopic (exact) mass is 334 g/mol. The molecule has 0 saturated heterocycles. The molecular weight excluding hydrogens is 320 g/mol. The maximum atomic E-state index is 11.8. The van der Waals surface area contributed by atoms with Crippen molar-refractivity contribution < 1.29 is 24.2 Å². The quantitative estimate of drug-likeness (QED) is 0.899. The van der Waals surface area contributed by atoms with Crippen LogP contribution in [0.1, 0.15) is 22.3 Å². The number of hydrogen-bond acceptors (Lipinski definition) is 4. The van der Waals surface area contributed by atoms with Gasteiger partial charge >= 0.3 is 5.97 Å². The van der Waals surface area contributed by atoms with E-state index in [1.807, 2.05) is 0 Å². The summed E-state index contributed by atoms with van der Waals surface area (Å²) in [6, 6.07) is 6.75. The molecule has 1 aromatic carbocycles. The molecule has 0 bridgehead atoms. The molecule has 3 aliphatic rings. The first-order valence-corrected chi connectivity index (χ1v) is 7.93. The van der Waals surface area contributed by atoms with Crippen LogP contribution in [0.4, 0.5) is 0 Å². The normalized spacial score (nSPS) is 24.4. The van der Waals surface area contributed by atoms with Crippen LogP contribution < -0.4 is 0 Å². The Morgan fingerprint density at radius 3 is 2.72 bits per heavy atom. The molecule has 1 aliphatic heterocycles. The maximum Gasteiger partial charge on any atom is 0.336 e. The molecule has 5 nitrogen and oxygen atoms in total. The molecule has 0 fully saturated rings. The van der Waals surface area contributed by atoms with E-state index in [-0.39, 0.29) is 29.5 Å². The van der Waals surface area contributed by atoms with Crippen LogP contribution >= 0.6 is 0 Å². The number of carboxylic acid groups (broad SMARTS) is 1. The second-order valence-corrected chi connectivity index (χ2v) is 6.13. The molecule has 0 aromatic heterocycles. The van der Waals surface area contributed by atoms with Crippen LogP contribution in [0.3, 0.4) is 0 Å². The summed E-state index contributed by atoms with van der Waals surface area (Å²) in [4.78, 5) is 35.2. The molecule has 2 aliphatic carbocycles. The predicted molar refractivity (Wildman–Crippen MR) is 89.7 cm³/mol. The van der Waals surface area contributed by atoms with Crippen molar-refractivity contribution in [2.75, 3.05) is 0 Å². The van der Waals surface area contributed by atoms with Crippen molar-refractivity contribution in [3.05, 3.63) is 77.1 Å². The SMILES string of the molecule is O=C1C=CC2=C(c3ccccc3C(=O)O)C3C=CC(=O)CC3OC2=C1. The number of carbonyl (C=O) groups is 3. The van der Waals surface area contributed by atoms with E-state index in [1.54, 1.807) is 36.4 Å². The fourth-order valence-electron chi connectivity index (χ4n) is 3.52. The Morgan fingerprint density at radius 1 is 1.12 bits per heavy atom. The third-order valence-electron chi connectivity index (χ3n) is 4.59. The van der Waals surface area contributed by atoms with E-state index in [1.165, 1.54) is 18.2 Å². The van der Waals surface area contributed by atoms with Crippen molar-refractivity contribution in [1.82, 2.24) is 0 Å². The molecule has 0 spiro atoms. The molecule has 25 heavy (non-hydrogen) atoms. The zero-order valence-electron chi connectivity index (χ0n) is 13.1. The number of hydrogen-bond donors (Lipinski definition) is 1. The largest absolute Gasteiger partial charge is 0.488 e. The molecule has 1 heterocycles. The van der Waals surface area contributed by atoms with Gasteiger partial charge in [0.2, 0.25) is 0 Å². The lowest BCUT2D eigenvalue weighted by molar-refractivity contribution is -0.117. The summed E-state index contributed by atoms with van der Waals surface area (Å²) in [6.07, 6.45) is 7.51. The van der Waals surface area contributed by atoms with Crippen LogP contribution in [0, 0.1) is 5.92 Å². The van der Waals surface area contributed by atoms with E-state index in [2.05, 4.69) is 0 Å². The van der Waals surface area contributed by atoms with E-state index < -0.39 is 12.1 Å². The van der Waals surface area contributed by atoms with Gasteiger partial charge in [0, 0.05) is 24.0 Å². The molecule has 2 atom stereocenters. The van der Waals surface area contributed by atoms with Crippen molar-refractivity contribution in [3.8, 4) is 0 Å². The fourth-order valence-corrected chi connectivity index (χ4v) is 3.52. The highest BCUT2D eigenvalue weighted by molar-refractivity contribution is 6.04. The molecular formula is C20H14O5. The second kappa shape index (κ2) is 5.70. The molecule has 0 radical (unpaired) electrons. The fraction of sp³-hybridized carbons (Fsp3) is 0.150. The Kier molecular flexibility index (Phi) is 3.50. The van der Waals surface area contributed by atoms with E-state index in [4.69, 9.17) is 4.74 Å². The third kappa shape index (κ3) is 2.54. The van der Waals surface area contributed by atoms with Crippen molar-refractivity contribution >= 4 is 23.1 Å². The Bertz CT molecular complexity index is 929. The first-order chi connectivity index (χ1) is 12.0. The molecule has 0 saturated carbocycles. The van der Waals surface area contributed by atoms with Gasteiger partial charge in [-0.1, -0.05) is 24.3 Å². The first-order valence-electron chi connectivity index (χ1n) is 7.93. The van der Waals surface area contributed by atoms with Crippen molar-refractivity contribution in [2.45, 2.75) is 12.5 Å². The first kappa shape index (κ1) is 15.3. The van der Waals surface area contributed by atoms with Crippen LogP contribution in [0.15, 0.2) is 66.0 Å². The summed E-state index contributed by atoms with van der Waals surface area (Å²) in [5.41, 5.74) is 2.22. The van der Waals surface area contributed by atoms with Crippen molar-refractivity contribution in [1.29, 1.82) is 0 Å². The number of rotatable bonds is 2.